The third-order valence-electron chi connectivity index (χ3n) is 6.31. The van der Waals surface area contributed by atoms with Crippen LogP contribution >= 0.6 is 0 Å². The van der Waals surface area contributed by atoms with Crippen LogP contribution in [0, 0.1) is 0 Å². The smallest absolute Gasteiger partial charge is 0.401 e. The number of nitrogens with two attached hydrogens (primary N) is 1. The zero-order chi connectivity index (χ0) is 22.7. The Balaban J connectivity index is 1.61. The quantitative estimate of drug-likeness (QED) is 0.686. The van der Waals surface area contributed by atoms with E-state index in [2.05, 4.69) is 19.7 Å². The molecule has 12 heteroatoms. The van der Waals surface area contributed by atoms with Gasteiger partial charge in [-0.1, -0.05) is 0 Å². The SMILES string of the molecule is Nc1ncc(-c2cc(N3C[C@@H]4CC[C@H]3CO4)nc(C3(C(F)(F)F)CC3)n2)cc1OC(F)F. The van der Waals surface area contributed by atoms with Gasteiger partial charge in [-0.05, 0) is 31.7 Å². The second-order valence-corrected chi connectivity index (χ2v) is 8.34. The number of hydrogen-bond donors (Lipinski definition) is 1. The molecule has 2 atom stereocenters. The Labute approximate surface area is 179 Å². The number of rotatable bonds is 5. The fourth-order valence-electron chi connectivity index (χ4n) is 4.32. The zero-order valence-corrected chi connectivity index (χ0v) is 16.8. The highest BCUT2D eigenvalue weighted by Gasteiger charge is 2.66. The molecule has 3 aliphatic heterocycles. The third-order valence-corrected chi connectivity index (χ3v) is 6.31. The first-order valence-electron chi connectivity index (χ1n) is 10.2. The lowest BCUT2D eigenvalue weighted by molar-refractivity contribution is -0.162. The van der Waals surface area contributed by atoms with Crippen molar-refractivity contribution in [1.82, 2.24) is 15.0 Å². The highest BCUT2D eigenvalue weighted by atomic mass is 19.4. The summed E-state index contributed by atoms with van der Waals surface area (Å²) in [4.78, 5) is 14.3. The summed E-state index contributed by atoms with van der Waals surface area (Å²) in [5.74, 6) is -0.607. The molecule has 4 fully saturated rings. The maximum atomic E-state index is 13.9. The number of aromatic nitrogens is 3. The van der Waals surface area contributed by atoms with Gasteiger partial charge >= 0.3 is 12.8 Å². The van der Waals surface area contributed by atoms with Crippen LogP contribution in [0.4, 0.5) is 33.6 Å². The van der Waals surface area contributed by atoms with E-state index >= 15 is 0 Å². The molecule has 7 nitrogen and oxygen atoms in total. The topological polar surface area (TPSA) is 86.4 Å². The molecular formula is C20H20F5N5O2. The molecule has 4 aliphatic rings. The molecule has 172 valence electrons. The van der Waals surface area contributed by atoms with Gasteiger partial charge in [0.2, 0.25) is 0 Å². The number of halogens is 5. The summed E-state index contributed by atoms with van der Waals surface area (Å²) < 4.78 is 77.1. The minimum atomic E-state index is -4.50. The Morgan fingerprint density at radius 2 is 1.97 bits per heavy atom. The molecule has 0 radical (unpaired) electrons. The highest BCUT2D eigenvalue weighted by molar-refractivity contribution is 5.67. The summed E-state index contributed by atoms with van der Waals surface area (Å²) in [6, 6.07) is 2.75. The average molecular weight is 457 g/mol. The van der Waals surface area contributed by atoms with Crippen LogP contribution in [0.15, 0.2) is 18.3 Å². The Kier molecular flexibility index (Phi) is 4.88. The molecule has 2 N–H and O–H groups in total. The molecule has 32 heavy (non-hydrogen) atoms. The number of nitrogen functional groups attached to an aromatic ring is 1. The van der Waals surface area contributed by atoms with Crippen LogP contribution in [-0.4, -0.2) is 53.0 Å². The first-order chi connectivity index (χ1) is 15.2. The van der Waals surface area contributed by atoms with E-state index in [1.807, 2.05) is 4.90 Å². The first-order valence-corrected chi connectivity index (χ1v) is 10.2. The Morgan fingerprint density at radius 1 is 1.19 bits per heavy atom. The number of ether oxygens (including phenoxy) is 2. The van der Waals surface area contributed by atoms with E-state index in [9.17, 15) is 22.0 Å². The van der Waals surface area contributed by atoms with Gasteiger partial charge in [0.1, 0.15) is 17.1 Å². The summed E-state index contributed by atoms with van der Waals surface area (Å²) in [6.45, 7) is -2.14. The summed E-state index contributed by atoms with van der Waals surface area (Å²) in [5.41, 5.74) is 3.83. The molecule has 1 aliphatic carbocycles. The molecule has 2 aromatic rings. The van der Waals surface area contributed by atoms with Gasteiger partial charge < -0.3 is 20.1 Å². The van der Waals surface area contributed by atoms with Gasteiger partial charge in [-0.2, -0.15) is 22.0 Å². The minimum absolute atomic E-state index is 0.00101. The lowest BCUT2D eigenvalue weighted by Gasteiger charge is -2.45. The number of pyridine rings is 1. The normalized spacial score (nSPS) is 24.1. The largest absolute Gasteiger partial charge is 0.431 e. The van der Waals surface area contributed by atoms with E-state index < -0.39 is 18.2 Å². The molecule has 3 saturated heterocycles. The molecular weight excluding hydrogens is 437 g/mol. The molecule has 2 bridgehead atoms. The van der Waals surface area contributed by atoms with E-state index in [0.29, 0.717) is 19.0 Å². The van der Waals surface area contributed by atoms with Gasteiger partial charge in [0.15, 0.2) is 11.6 Å². The first kappa shape index (κ1) is 21.1. The van der Waals surface area contributed by atoms with Gasteiger partial charge in [-0.25, -0.2) is 15.0 Å². The third kappa shape index (κ3) is 3.59. The predicted molar refractivity (Wildman–Crippen MR) is 103 cm³/mol. The second-order valence-electron chi connectivity index (χ2n) is 8.34. The van der Waals surface area contributed by atoms with Gasteiger partial charge in [-0.15, -0.1) is 0 Å². The Bertz CT molecular complexity index is 1020. The fourth-order valence-corrected chi connectivity index (χ4v) is 4.32. The Hall–Kier alpha value is -2.76. The maximum absolute atomic E-state index is 13.9. The summed E-state index contributed by atoms with van der Waals surface area (Å²) in [7, 11) is 0. The van der Waals surface area contributed by atoms with Crippen molar-refractivity contribution in [2.45, 2.75) is 56.0 Å². The fraction of sp³-hybridized carbons (Fsp3) is 0.550. The van der Waals surface area contributed by atoms with Crippen molar-refractivity contribution in [3.05, 3.63) is 24.2 Å². The molecule has 5 heterocycles. The highest BCUT2D eigenvalue weighted by Crippen LogP contribution is 2.58. The van der Waals surface area contributed by atoms with Crippen LogP contribution < -0.4 is 15.4 Å². The second kappa shape index (κ2) is 7.39. The molecule has 0 amide bonds. The number of nitrogens with zero attached hydrogens (tertiary/aromatic N) is 4. The van der Waals surface area contributed by atoms with Crippen molar-refractivity contribution in [2.24, 2.45) is 0 Å². The maximum Gasteiger partial charge on any atom is 0.401 e. The van der Waals surface area contributed by atoms with Crippen LogP contribution in [0.1, 0.15) is 31.5 Å². The zero-order valence-electron chi connectivity index (χ0n) is 16.8. The number of alkyl halides is 5. The van der Waals surface area contributed by atoms with Crippen LogP contribution in [0.2, 0.25) is 0 Å². The Morgan fingerprint density at radius 3 is 2.53 bits per heavy atom. The molecule has 6 rings (SSSR count). The van der Waals surface area contributed by atoms with Gasteiger partial charge in [0.25, 0.3) is 0 Å². The van der Waals surface area contributed by atoms with Crippen molar-refractivity contribution >= 4 is 11.6 Å². The van der Waals surface area contributed by atoms with E-state index in [0.717, 1.165) is 12.8 Å². The van der Waals surface area contributed by atoms with Crippen molar-refractivity contribution in [1.29, 1.82) is 0 Å². The van der Waals surface area contributed by atoms with Crippen LogP contribution in [0.5, 0.6) is 5.75 Å². The van der Waals surface area contributed by atoms with E-state index in [4.69, 9.17) is 10.5 Å². The van der Waals surface area contributed by atoms with Gasteiger partial charge in [0, 0.05) is 24.4 Å². The van der Waals surface area contributed by atoms with E-state index in [1.165, 1.54) is 12.3 Å². The van der Waals surface area contributed by atoms with Crippen LogP contribution in [0.3, 0.4) is 0 Å². The number of morpholine rings is 1. The predicted octanol–water partition coefficient (Wildman–Crippen LogP) is 3.68. The lowest BCUT2D eigenvalue weighted by Crippen LogP contribution is -2.55. The van der Waals surface area contributed by atoms with Crippen molar-refractivity contribution in [3.8, 4) is 17.0 Å². The average Bonchev–Trinajstić information content (AvgIpc) is 3.58. The van der Waals surface area contributed by atoms with Crippen LogP contribution in [0.25, 0.3) is 11.3 Å². The molecule has 0 aromatic carbocycles. The van der Waals surface area contributed by atoms with Crippen molar-refractivity contribution < 1.29 is 31.4 Å². The summed E-state index contributed by atoms with van der Waals surface area (Å²) in [5, 5.41) is 0. The monoisotopic (exact) mass is 457 g/mol. The molecule has 2 aromatic heterocycles. The lowest BCUT2D eigenvalue weighted by atomic mass is 9.97. The van der Waals surface area contributed by atoms with Crippen LogP contribution in [-0.2, 0) is 10.2 Å². The standard InChI is InChI=1S/C20H20F5N5O2/c21-18(22)32-14-5-10(7-27-16(14)26)13-6-15(30-8-12-2-1-11(30)9-31-12)29-17(28-13)19(3-4-19)20(23,24)25/h5-7,11-12,18H,1-4,8-9H2,(H2,26,27)/t11-,12-/m0/s1. The van der Waals surface area contributed by atoms with Crippen molar-refractivity contribution in [2.75, 3.05) is 23.8 Å². The van der Waals surface area contributed by atoms with Gasteiger partial charge in [-0.3, -0.25) is 0 Å². The molecule has 0 spiro atoms. The van der Waals surface area contributed by atoms with Crippen molar-refractivity contribution in [3.63, 3.8) is 0 Å². The molecule has 1 saturated carbocycles. The minimum Gasteiger partial charge on any atom is -0.431 e. The number of hydrogen-bond acceptors (Lipinski definition) is 7. The number of anilines is 2. The van der Waals surface area contributed by atoms with E-state index in [-0.39, 0.29) is 53.6 Å². The number of piperidine rings is 1. The molecule has 0 unspecified atom stereocenters. The summed E-state index contributed by atoms with van der Waals surface area (Å²) in [6.07, 6.45) is -1.72. The summed E-state index contributed by atoms with van der Waals surface area (Å²) >= 11 is 0. The van der Waals surface area contributed by atoms with Gasteiger partial charge in [0.05, 0.1) is 24.4 Å². The number of fused-ring (bicyclic) bond motifs is 3. The van der Waals surface area contributed by atoms with E-state index in [1.54, 1.807) is 6.07 Å².